The Balaban J connectivity index is 0.000000220. The maximum atomic E-state index is 6.12. The summed E-state index contributed by atoms with van der Waals surface area (Å²) in [4.78, 5) is 4.40. The smallest absolute Gasteiger partial charge is 0.119 e. The Bertz CT molecular complexity index is 1550. The molecule has 0 aliphatic heterocycles. The van der Waals surface area contributed by atoms with Crippen molar-refractivity contribution in [3.05, 3.63) is 187 Å². The third-order valence-electron chi connectivity index (χ3n) is 7.60. The lowest BCUT2D eigenvalue weighted by Gasteiger charge is -2.37. The molecule has 2 radical (unpaired) electrons. The molecule has 0 saturated heterocycles. The van der Waals surface area contributed by atoms with Crippen LogP contribution < -0.4 is 9.92 Å². The third-order valence-corrected chi connectivity index (χ3v) is 10.1. The molecular formula is C38H37BN2OSi. The summed E-state index contributed by atoms with van der Waals surface area (Å²) in [7, 11) is 5.24. The van der Waals surface area contributed by atoms with Crippen LogP contribution in [0.5, 0.6) is 5.75 Å². The van der Waals surface area contributed by atoms with Gasteiger partial charge in [-0.2, -0.15) is 0 Å². The standard InChI is InChI=1S/C25H26N2OSi.C13H11B/c1-2-18-28-23-14-9-15-24(19-23)29-25(27-17-16-26-20-27,21-10-5-3-6-11-21)22-12-7-4-8-13-22;14-13(11-7-3-1-4-8-11)12-9-5-2-6-10-12/h3-17,19-20H,2,18,29H2,1H3;1-10,13H. The van der Waals surface area contributed by atoms with Crippen molar-refractivity contribution in [1.29, 1.82) is 0 Å². The van der Waals surface area contributed by atoms with Crippen LogP contribution in [-0.2, 0) is 5.16 Å². The van der Waals surface area contributed by atoms with Crippen LogP contribution >= 0.6 is 0 Å². The van der Waals surface area contributed by atoms with Crippen molar-refractivity contribution >= 4 is 22.6 Å². The minimum atomic E-state index is -0.871. The van der Waals surface area contributed by atoms with Gasteiger partial charge >= 0.3 is 0 Å². The van der Waals surface area contributed by atoms with E-state index >= 15 is 0 Å². The van der Waals surface area contributed by atoms with Gasteiger partial charge in [0.25, 0.3) is 0 Å². The summed E-state index contributed by atoms with van der Waals surface area (Å²) in [6.45, 7) is 2.88. The van der Waals surface area contributed by atoms with Gasteiger partial charge in [-0.1, -0.05) is 146 Å². The van der Waals surface area contributed by atoms with Gasteiger partial charge in [-0.05, 0) is 46.6 Å². The Hall–Kier alpha value is -4.61. The van der Waals surface area contributed by atoms with Gasteiger partial charge in [-0.25, -0.2) is 4.98 Å². The zero-order chi connectivity index (χ0) is 29.7. The monoisotopic (exact) mass is 576 g/mol. The number of imidazole rings is 1. The van der Waals surface area contributed by atoms with E-state index in [0.29, 0.717) is 0 Å². The molecule has 5 aromatic carbocycles. The van der Waals surface area contributed by atoms with Crippen LogP contribution in [0, 0.1) is 0 Å². The van der Waals surface area contributed by atoms with Gasteiger partial charge in [0, 0.05) is 12.4 Å². The molecule has 0 saturated carbocycles. The second-order valence-electron chi connectivity index (χ2n) is 10.5. The van der Waals surface area contributed by atoms with E-state index < -0.39 is 9.52 Å². The molecule has 5 heteroatoms. The summed E-state index contributed by atoms with van der Waals surface area (Å²) in [5.41, 5.74) is 4.88. The molecule has 0 aliphatic rings. The highest BCUT2D eigenvalue weighted by atomic mass is 28.2. The van der Waals surface area contributed by atoms with Gasteiger partial charge in [-0.3, -0.25) is 0 Å². The molecule has 0 bridgehead atoms. The Kier molecular flexibility index (Phi) is 10.4. The van der Waals surface area contributed by atoms with Crippen LogP contribution in [0.4, 0.5) is 0 Å². The van der Waals surface area contributed by atoms with E-state index in [4.69, 9.17) is 12.6 Å². The van der Waals surface area contributed by atoms with E-state index in [1.54, 1.807) is 0 Å². The average molecular weight is 577 g/mol. The summed E-state index contributed by atoms with van der Waals surface area (Å²) >= 11 is 0. The van der Waals surface area contributed by atoms with E-state index in [-0.39, 0.29) is 11.0 Å². The number of hydrogen-bond donors (Lipinski definition) is 0. The molecule has 1 aromatic heterocycles. The minimum Gasteiger partial charge on any atom is -0.494 e. The number of nitrogens with zero attached hydrogens (tertiary/aromatic N) is 2. The molecule has 3 nitrogen and oxygen atoms in total. The summed E-state index contributed by atoms with van der Waals surface area (Å²) in [5, 5.41) is 1.10. The topological polar surface area (TPSA) is 27.1 Å². The van der Waals surface area contributed by atoms with Crippen molar-refractivity contribution in [2.24, 2.45) is 0 Å². The van der Waals surface area contributed by atoms with Crippen LogP contribution in [0.2, 0.25) is 0 Å². The quantitative estimate of drug-likeness (QED) is 0.167. The van der Waals surface area contributed by atoms with Gasteiger partial charge in [0.05, 0.1) is 35.5 Å². The van der Waals surface area contributed by atoms with Crippen molar-refractivity contribution in [3.63, 3.8) is 0 Å². The van der Waals surface area contributed by atoms with E-state index in [1.165, 1.54) is 16.3 Å². The number of rotatable bonds is 10. The summed E-state index contributed by atoms with van der Waals surface area (Å²) < 4.78 is 8.20. The number of ether oxygens (including phenoxy) is 1. The first-order chi connectivity index (χ1) is 21.2. The lowest BCUT2D eigenvalue weighted by atomic mass is 9.76. The molecule has 43 heavy (non-hydrogen) atoms. The van der Waals surface area contributed by atoms with E-state index in [0.717, 1.165) is 29.9 Å². The van der Waals surface area contributed by atoms with Crippen molar-refractivity contribution < 1.29 is 4.74 Å². The third kappa shape index (κ3) is 7.43. The maximum absolute atomic E-state index is 6.12. The van der Waals surface area contributed by atoms with Crippen molar-refractivity contribution in [2.75, 3.05) is 6.61 Å². The van der Waals surface area contributed by atoms with E-state index in [2.05, 4.69) is 132 Å². The van der Waals surface area contributed by atoms with Gasteiger partial charge in [-0.15, -0.1) is 0 Å². The van der Waals surface area contributed by atoms with Crippen LogP contribution in [0.1, 0.15) is 41.4 Å². The molecule has 0 spiro atoms. The summed E-state index contributed by atoms with van der Waals surface area (Å²) in [5.74, 6) is 0.940. The molecular weight excluding hydrogens is 539 g/mol. The largest absolute Gasteiger partial charge is 0.494 e. The van der Waals surface area contributed by atoms with Gasteiger partial charge < -0.3 is 9.30 Å². The molecule has 1 heterocycles. The first kappa shape index (κ1) is 29.9. The Morgan fingerprint density at radius 3 is 1.74 bits per heavy atom. The second-order valence-corrected chi connectivity index (χ2v) is 12.7. The zero-order valence-corrected chi connectivity index (χ0v) is 26.1. The molecule has 0 fully saturated rings. The van der Waals surface area contributed by atoms with Crippen molar-refractivity contribution in [2.45, 2.75) is 24.3 Å². The summed E-state index contributed by atoms with van der Waals surface area (Å²) in [6, 6.07) is 50.5. The number of benzene rings is 5. The lowest BCUT2D eigenvalue weighted by molar-refractivity contribution is 0.317. The minimum absolute atomic E-state index is 0.0163. The first-order valence-electron chi connectivity index (χ1n) is 14.9. The van der Waals surface area contributed by atoms with Gasteiger partial charge in [0.1, 0.15) is 5.75 Å². The zero-order valence-electron chi connectivity index (χ0n) is 24.7. The fourth-order valence-electron chi connectivity index (χ4n) is 5.45. The van der Waals surface area contributed by atoms with Gasteiger partial charge in [0.2, 0.25) is 0 Å². The van der Waals surface area contributed by atoms with Crippen LogP contribution in [-0.4, -0.2) is 33.5 Å². The fraction of sp³-hybridized carbons (Fsp3) is 0.132. The Morgan fingerprint density at radius 2 is 1.26 bits per heavy atom. The van der Waals surface area contributed by atoms with E-state index in [9.17, 15) is 0 Å². The SMILES string of the molecule is CCCOc1cccc([SiH2]C(c2ccccc2)(c2ccccc2)n2ccnc2)c1.[B]C(c1ccccc1)c1ccccc1. The molecule has 0 aliphatic carbocycles. The molecule has 212 valence electrons. The van der Waals surface area contributed by atoms with Crippen LogP contribution in [0.15, 0.2) is 164 Å². The summed E-state index contributed by atoms with van der Waals surface area (Å²) in [6.07, 6.45) is 6.92. The highest BCUT2D eigenvalue weighted by Crippen LogP contribution is 2.33. The molecule has 0 unspecified atom stereocenters. The predicted octanol–water partition coefficient (Wildman–Crippen LogP) is 6.86. The molecule has 6 aromatic rings. The molecule has 0 amide bonds. The van der Waals surface area contributed by atoms with Crippen molar-refractivity contribution in [3.8, 4) is 5.75 Å². The molecule has 0 N–H and O–H groups in total. The van der Waals surface area contributed by atoms with Crippen molar-refractivity contribution in [1.82, 2.24) is 9.55 Å². The Labute approximate surface area is 259 Å². The highest BCUT2D eigenvalue weighted by molar-refractivity contribution is 6.57. The second kappa shape index (κ2) is 15.0. The van der Waals surface area contributed by atoms with Gasteiger partial charge in [0.15, 0.2) is 0 Å². The molecule has 6 rings (SSSR count). The van der Waals surface area contributed by atoms with E-state index in [1.807, 2.05) is 48.9 Å². The van der Waals surface area contributed by atoms with Crippen LogP contribution in [0.3, 0.4) is 0 Å². The predicted molar refractivity (Wildman–Crippen MR) is 182 cm³/mol. The van der Waals surface area contributed by atoms with Crippen LogP contribution in [0.25, 0.3) is 0 Å². The number of hydrogen-bond acceptors (Lipinski definition) is 2. The maximum Gasteiger partial charge on any atom is 0.119 e. The first-order valence-corrected chi connectivity index (χ1v) is 16.3. The fourth-order valence-corrected chi connectivity index (χ4v) is 7.84. The molecule has 0 atom stereocenters. The highest BCUT2D eigenvalue weighted by Gasteiger charge is 2.36. The lowest BCUT2D eigenvalue weighted by Crippen LogP contribution is -2.46. The Morgan fingerprint density at radius 1 is 0.721 bits per heavy atom. The normalized spacial score (nSPS) is 11.3. The average Bonchev–Trinajstić information content (AvgIpc) is 3.64. The number of aromatic nitrogens is 2.